The van der Waals surface area contributed by atoms with Crippen molar-refractivity contribution in [2.75, 3.05) is 6.54 Å². The molecule has 0 saturated carbocycles. The lowest BCUT2D eigenvalue weighted by Gasteiger charge is -2.11. The van der Waals surface area contributed by atoms with Crippen molar-refractivity contribution in [3.63, 3.8) is 0 Å². The molecule has 44 valence electrons. The Morgan fingerprint density at radius 3 is 2.75 bits per heavy atom. The Morgan fingerprint density at radius 2 is 2.50 bits per heavy atom. The predicted molar refractivity (Wildman–Crippen MR) is 40.4 cm³/mol. The van der Waals surface area contributed by atoms with Gasteiger partial charge in [0.15, 0.2) is 3.68 Å². The first-order chi connectivity index (χ1) is 3.71. The second-order valence-electron chi connectivity index (χ2n) is 1.61. The van der Waals surface area contributed by atoms with Crippen LogP contribution in [0.2, 0.25) is 0 Å². The molecule has 1 atom stereocenters. The molecule has 0 spiro atoms. The molecule has 0 aliphatic carbocycles. The molecule has 0 fully saturated rings. The van der Waals surface area contributed by atoms with Crippen LogP contribution in [0.4, 0.5) is 4.39 Å². The molecule has 0 aromatic rings. The summed E-state index contributed by atoms with van der Waals surface area (Å²) in [5.41, 5.74) is 0. The van der Waals surface area contributed by atoms with Crippen molar-refractivity contribution in [2.24, 2.45) is 4.99 Å². The first-order valence-corrected chi connectivity index (χ1v) is 3.34. The topological polar surface area (TPSA) is 12.4 Å². The third-order valence-corrected chi connectivity index (χ3v) is 1.53. The third kappa shape index (κ3) is 1.54. The lowest BCUT2D eigenvalue weighted by molar-refractivity contribution is 0.387. The van der Waals surface area contributed by atoms with Gasteiger partial charge in [-0.25, -0.2) is 4.39 Å². The number of rotatable bonds is 0. The average Bonchev–Trinajstić information content (AvgIpc) is 1.65. The summed E-state index contributed by atoms with van der Waals surface area (Å²) in [4.78, 5) is 3.74. The van der Waals surface area contributed by atoms with Crippen LogP contribution in [0.3, 0.4) is 0 Å². The normalized spacial score (nSPS) is 35.8. The van der Waals surface area contributed by atoms with Crippen molar-refractivity contribution in [1.29, 1.82) is 0 Å². The predicted octanol–water partition coefficient (Wildman–Crippen LogP) is 1.73. The minimum atomic E-state index is -1.23. The van der Waals surface area contributed by atoms with E-state index < -0.39 is 3.68 Å². The van der Waals surface area contributed by atoms with Crippen LogP contribution < -0.4 is 0 Å². The van der Waals surface area contributed by atoms with Gasteiger partial charge in [0.25, 0.3) is 0 Å². The van der Waals surface area contributed by atoms with Crippen LogP contribution in [0.15, 0.2) is 17.1 Å². The van der Waals surface area contributed by atoms with Crippen LogP contribution >= 0.6 is 22.6 Å². The Kier molecular flexibility index (Phi) is 1.65. The third-order valence-electron chi connectivity index (χ3n) is 0.834. The summed E-state index contributed by atoms with van der Waals surface area (Å²) in [7, 11) is 0. The lowest BCUT2D eigenvalue weighted by atomic mass is 10.3. The molecule has 0 radical (unpaired) electrons. The SMILES string of the molecule is FC1(I)C=CC=NC1. The molecule has 0 aromatic carbocycles. The zero-order chi connectivity index (χ0) is 6.04. The van der Waals surface area contributed by atoms with Gasteiger partial charge in [-0.05, 0) is 34.7 Å². The number of halogens is 2. The van der Waals surface area contributed by atoms with E-state index in [1.807, 2.05) is 0 Å². The van der Waals surface area contributed by atoms with Crippen molar-refractivity contribution in [3.8, 4) is 0 Å². The Hall–Kier alpha value is 0.0700. The number of allylic oxidation sites excluding steroid dienone is 1. The molecule has 0 bridgehead atoms. The molecule has 1 nitrogen and oxygen atoms in total. The fraction of sp³-hybridized carbons (Fsp3) is 0.400. The number of dihydropyridines is 1. The molecule has 8 heavy (non-hydrogen) atoms. The Morgan fingerprint density at radius 1 is 1.75 bits per heavy atom. The zero-order valence-electron chi connectivity index (χ0n) is 4.14. The Balaban J connectivity index is 2.65. The standard InChI is InChI=1S/C5H5FIN/c6-5(7)2-1-3-8-4-5/h1-3H,4H2. The van der Waals surface area contributed by atoms with Crippen molar-refractivity contribution in [3.05, 3.63) is 12.2 Å². The van der Waals surface area contributed by atoms with E-state index in [1.54, 1.807) is 34.9 Å². The molecule has 1 aliphatic rings. The van der Waals surface area contributed by atoms with E-state index in [2.05, 4.69) is 4.99 Å². The maximum Gasteiger partial charge on any atom is 0.198 e. The molecular formula is C5H5FIN. The summed E-state index contributed by atoms with van der Waals surface area (Å²) in [6.45, 7) is 0.254. The van der Waals surface area contributed by atoms with Crippen LogP contribution in [0.5, 0.6) is 0 Å². The van der Waals surface area contributed by atoms with Gasteiger partial charge in [0.2, 0.25) is 0 Å². The highest BCUT2D eigenvalue weighted by Gasteiger charge is 2.21. The number of nitrogens with zero attached hydrogens (tertiary/aromatic N) is 1. The second kappa shape index (κ2) is 2.13. The van der Waals surface area contributed by atoms with Gasteiger partial charge in [-0.1, -0.05) is 0 Å². The number of alkyl halides is 2. The zero-order valence-corrected chi connectivity index (χ0v) is 6.30. The lowest BCUT2D eigenvalue weighted by Crippen LogP contribution is -2.16. The van der Waals surface area contributed by atoms with Crippen LogP contribution in [-0.4, -0.2) is 16.4 Å². The van der Waals surface area contributed by atoms with Crippen molar-refractivity contribution in [2.45, 2.75) is 3.68 Å². The fourth-order valence-electron chi connectivity index (χ4n) is 0.472. The van der Waals surface area contributed by atoms with Gasteiger partial charge in [-0.15, -0.1) is 0 Å². The summed E-state index contributed by atoms with van der Waals surface area (Å²) in [5.74, 6) is 0. The first kappa shape index (κ1) is 6.19. The highest BCUT2D eigenvalue weighted by atomic mass is 127. The highest BCUT2D eigenvalue weighted by molar-refractivity contribution is 14.1. The number of aliphatic imine (C=N–C) groups is 1. The summed E-state index contributed by atoms with van der Waals surface area (Å²) < 4.78 is 11.4. The maximum absolute atomic E-state index is 12.7. The molecule has 0 saturated heterocycles. The number of hydrogen-bond acceptors (Lipinski definition) is 1. The average molecular weight is 225 g/mol. The van der Waals surface area contributed by atoms with E-state index in [0.717, 1.165) is 0 Å². The van der Waals surface area contributed by atoms with Crippen molar-refractivity contribution in [1.82, 2.24) is 0 Å². The van der Waals surface area contributed by atoms with E-state index >= 15 is 0 Å². The minimum absolute atomic E-state index is 0.254. The largest absolute Gasteiger partial charge is 0.289 e. The van der Waals surface area contributed by atoms with E-state index in [-0.39, 0.29) is 6.54 Å². The van der Waals surface area contributed by atoms with Crippen LogP contribution in [0.25, 0.3) is 0 Å². The summed E-state index contributed by atoms with van der Waals surface area (Å²) >= 11 is 1.72. The van der Waals surface area contributed by atoms with Gasteiger partial charge in [0.1, 0.15) is 0 Å². The van der Waals surface area contributed by atoms with Gasteiger partial charge in [-0.3, -0.25) is 4.99 Å². The Bertz CT molecular complexity index is 139. The van der Waals surface area contributed by atoms with Gasteiger partial charge in [0, 0.05) is 6.21 Å². The highest BCUT2D eigenvalue weighted by Crippen LogP contribution is 2.23. The number of hydrogen-bond donors (Lipinski definition) is 0. The van der Waals surface area contributed by atoms with Crippen LogP contribution in [-0.2, 0) is 0 Å². The summed E-state index contributed by atoms with van der Waals surface area (Å²) in [6.07, 6.45) is 4.73. The van der Waals surface area contributed by atoms with E-state index in [4.69, 9.17) is 0 Å². The monoisotopic (exact) mass is 225 g/mol. The molecule has 0 amide bonds. The first-order valence-electron chi connectivity index (χ1n) is 2.26. The summed E-state index contributed by atoms with van der Waals surface area (Å²) in [6, 6.07) is 0. The van der Waals surface area contributed by atoms with Gasteiger partial charge in [-0.2, -0.15) is 0 Å². The Labute approximate surface area is 60.8 Å². The second-order valence-corrected chi connectivity index (χ2v) is 3.40. The molecule has 1 heterocycles. The van der Waals surface area contributed by atoms with Crippen molar-refractivity contribution >= 4 is 28.8 Å². The van der Waals surface area contributed by atoms with Gasteiger partial charge >= 0.3 is 0 Å². The molecule has 3 heteroatoms. The summed E-state index contributed by atoms with van der Waals surface area (Å²) in [5, 5.41) is 0. The van der Waals surface area contributed by atoms with Gasteiger partial charge < -0.3 is 0 Å². The molecule has 0 aromatic heterocycles. The molecule has 0 N–H and O–H groups in total. The molecular weight excluding hydrogens is 220 g/mol. The molecule has 1 rings (SSSR count). The smallest absolute Gasteiger partial charge is 0.198 e. The van der Waals surface area contributed by atoms with Crippen LogP contribution in [0, 0.1) is 0 Å². The molecule has 1 aliphatic heterocycles. The van der Waals surface area contributed by atoms with Crippen LogP contribution in [0.1, 0.15) is 0 Å². The van der Waals surface area contributed by atoms with Crippen molar-refractivity contribution < 1.29 is 4.39 Å². The fourth-order valence-corrected chi connectivity index (χ4v) is 0.876. The van der Waals surface area contributed by atoms with E-state index in [9.17, 15) is 4.39 Å². The minimum Gasteiger partial charge on any atom is -0.289 e. The van der Waals surface area contributed by atoms with E-state index in [1.165, 1.54) is 6.08 Å². The maximum atomic E-state index is 12.7. The molecule has 1 unspecified atom stereocenters. The quantitative estimate of drug-likeness (QED) is 0.439. The van der Waals surface area contributed by atoms with E-state index in [0.29, 0.717) is 0 Å². The van der Waals surface area contributed by atoms with Gasteiger partial charge in [0.05, 0.1) is 6.54 Å².